The van der Waals surface area contributed by atoms with Crippen LogP contribution in [0, 0.1) is 0 Å². The number of aromatic amines is 1. The van der Waals surface area contributed by atoms with Gasteiger partial charge in [-0.1, -0.05) is 31.4 Å². The van der Waals surface area contributed by atoms with Crippen LogP contribution in [0.25, 0.3) is 10.9 Å². The molecule has 2 aliphatic heterocycles. The Morgan fingerprint density at radius 3 is 2.83 bits per heavy atom. The molecule has 1 aromatic heterocycles. The van der Waals surface area contributed by atoms with Crippen LogP contribution in [0.2, 0.25) is 5.02 Å². The summed E-state index contributed by atoms with van der Waals surface area (Å²) in [6.07, 6.45) is 6.24. The highest BCUT2D eigenvalue weighted by Gasteiger charge is 2.32. The number of aliphatic imine (C=N–C) groups is 1. The van der Waals surface area contributed by atoms with Gasteiger partial charge < -0.3 is 15.0 Å². The molecule has 0 bridgehead atoms. The molecule has 3 aliphatic rings. The Bertz CT molecular complexity index is 917. The number of anilines is 1. The van der Waals surface area contributed by atoms with Crippen molar-refractivity contribution in [3.63, 3.8) is 0 Å². The summed E-state index contributed by atoms with van der Waals surface area (Å²) in [6, 6.07) is 7.72. The second-order valence-electron chi connectivity index (χ2n) is 8.66. The van der Waals surface area contributed by atoms with E-state index in [1.807, 2.05) is 11.8 Å². The zero-order chi connectivity index (χ0) is 20.5. The first-order chi connectivity index (χ1) is 14.7. The molecule has 1 saturated carbocycles. The fourth-order valence-electron chi connectivity index (χ4n) is 5.14. The lowest BCUT2D eigenvalue weighted by Crippen LogP contribution is -2.48. The third-order valence-electron chi connectivity index (χ3n) is 6.69. The number of morpholine rings is 1. The minimum atomic E-state index is 0.346. The van der Waals surface area contributed by atoms with E-state index in [9.17, 15) is 0 Å². The third kappa shape index (κ3) is 4.24. The van der Waals surface area contributed by atoms with Gasteiger partial charge in [0.1, 0.15) is 5.04 Å². The summed E-state index contributed by atoms with van der Waals surface area (Å²) >= 11 is 8.32. The molecule has 0 amide bonds. The molecule has 7 heteroatoms. The topological polar surface area (TPSA) is 52.7 Å². The van der Waals surface area contributed by atoms with Gasteiger partial charge >= 0.3 is 0 Å². The van der Waals surface area contributed by atoms with Crippen molar-refractivity contribution in [2.24, 2.45) is 4.99 Å². The average molecular weight is 447 g/mol. The van der Waals surface area contributed by atoms with Crippen LogP contribution in [0.4, 0.5) is 5.69 Å². The van der Waals surface area contributed by atoms with E-state index < -0.39 is 0 Å². The van der Waals surface area contributed by atoms with Crippen LogP contribution in [0.3, 0.4) is 0 Å². The SMILES string of the molecule is CCC([C@@H]1CSC(c2cc3cc(Cl)cc(NC4CCCC4)c3[nH]2)=N1)N1CCOCC1. The summed E-state index contributed by atoms with van der Waals surface area (Å²) in [7, 11) is 0. The maximum Gasteiger partial charge on any atom is 0.114 e. The fourth-order valence-corrected chi connectivity index (χ4v) is 6.47. The molecule has 3 heterocycles. The first kappa shape index (κ1) is 20.7. The summed E-state index contributed by atoms with van der Waals surface area (Å²) in [4.78, 5) is 11.4. The minimum absolute atomic E-state index is 0.346. The number of rotatable bonds is 6. The molecule has 2 atom stereocenters. The van der Waals surface area contributed by atoms with E-state index in [1.165, 1.54) is 25.7 Å². The maximum absolute atomic E-state index is 6.44. The lowest BCUT2D eigenvalue weighted by atomic mass is 10.1. The fraction of sp³-hybridized carbons (Fsp3) is 0.609. The molecule has 1 unspecified atom stereocenters. The van der Waals surface area contributed by atoms with E-state index in [0.717, 1.165) is 70.8 Å². The molecule has 2 N–H and O–H groups in total. The van der Waals surface area contributed by atoms with Crippen LogP contribution in [-0.2, 0) is 4.74 Å². The first-order valence-corrected chi connectivity index (χ1v) is 12.7. The highest BCUT2D eigenvalue weighted by atomic mass is 35.5. The van der Waals surface area contributed by atoms with Gasteiger partial charge in [-0.05, 0) is 37.5 Å². The number of nitrogens with zero attached hydrogens (tertiary/aromatic N) is 2. The quantitative estimate of drug-likeness (QED) is 0.644. The molecule has 1 saturated heterocycles. The predicted octanol–water partition coefficient (Wildman–Crippen LogP) is 5.15. The average Bonchev–Trinajstić information content (AvgIpc) is 3.50. The van der Waals surface area contributed by atoms with Gasteiger partial charge in [-0.3, -0.25) is 9.89 Å². The molecule has 162 valence electrons. The number of aromatic nitrogens is 1. The van der Waals surface area contributed by atoms with Crippen LogP contribution in [-0.4, -0.2) is 65.1 Å². The summed E-state index contributed by atoms with van der Waals surface area (Å²) in [5, 5.41) is 6.80. The highest BCUT2D eigenvalue weighted by Crippen LogP contribution is 2.34. The van der Waals surface area contributed by atoms with Gasteiger partial charge in [0.05, 0.1) is 36.2 Å². The molecule has 5 nitrogen and oxygen atoms in total. The van der Waals surface area contributed by atoms with Crippen LogP contribution in [0.5, 0.6) is 0 Å². The largest absolute Gasteiger partial charge is 0.381 e. The van der Waals surface area contributed by atoms with Crippen molar-refractivity contribution in [2.75, 3.05) is 37.4 Å². The lowest BCUT2D eigenvalue weighted by molar-refractivity contribution is 0.0121. The van der Waals surface area contributed by atoms with Gasteiger partial charge in [0, 0.05) is 41.3 Å². The van der Waals surface area contributed by atoms with Crippen LogP contribution < -0.4 is 5.32 Å². The van der Waals surface area contributed by atoms with E-state index in [4.69, 9.17) is 21.3 Å². The zero-order valence-corrected chi connectivity index (χ0v) is 19.2. The number of hydrogen-bond donors (Lipinski definition) is 2. The number of nitrogens with one attached hydrogen (secondary N) is 2. The molecule has 2 aromatic rings. The zero-order valence-electron chi connectivity index (χ0n) is 17.6. The van der Waals surface area contributed by atoms with Crippen molar-refractivity contribution in [1.29, 1.82) is 0 Å². The highest BCUT2D eigenvalue weighted by molar-refractivity contribution is 8.14. The predicted molar refractivity (Wildman–Crippen MR) is 128 cm³/mol. The molecule has 5 rings (SSSR count). The monoisotopic (exact) mass is 446 g/mol. The Morgan fingerprint density at radius 2 is 2.07 bits per heavy atom. The Balaban J connectivity index is 1.39. The van der Waals surface area contributed by atoms with E-state index in [1.54, 1.807) is 0 Å². The normalized spacial score (nSPS) is 24.5. The number of benzene rings is 1. The lowest BCUT2D eigenvalue weighted by Gasteiger charge is -2.36. The van der Waals surface area contributed by atoms with E-state index in [2.05, 4.69) is 40.3 Å². The molecule has 1 aliphatic carbocycles. The summed E-state index contributed by atoms with van der Waals surface area (Å²) in [6.45, 7) is 6.00. The van der Waals surface area contributed by atoms with Gasteiger partial charge in [-0.2, -0.15) is 0 Å². The standard InChI is InChI=1S/C23H31ClN4OS/c1-2-21(28-7-9-29-10-8-28)20-14-30-23(27-20)19-12-15-11-16(24)13-18(22(15)26-19)25-17-5-3-4-6-17/h11-13,17,20-21,25-26H,2-10,14H2,1H3/t20-,21?/m0/s1. The van der Waals surface area contributed by atoms with Gasteiger partial charge in [0.2, 0.25) is 0 Å². The van der Waals surface area contributed by atoms with Crippen molar-refractivity contribution in [2.45, 2.75) is 57.2 Å². The summed E-state index contributed by atoms with van der Waals surface area (Å²) < 4.78 is 5.54. The first-order valence-electron chi connectivity index (χ1n) is 11.3. The second kappa shape index (κ2) is 9.11. The van der Waals surface area contributed by atoms with E-state index >= 15 is 0 Å². The van der Waals surface area contributed by atoms with Crippen molar-refractivity contribution >= 4 is 45.0 Å². The Morgan fingerprint density at radius 1 is 1.27 bits per heavy atom. The summed E-state index contributed by atoms with van der Waals surface area (Å²) in [5.74, 6) is 1.05. The number of halogens is 1. The summed E-state index contributed by atoms with van der Waals surface area (Å²) in [5.41, 5.74) is 3.38. The van der Waals surface area contributed by atoms with Crippen LogP contribution in [0.1, 0.15) is 44.7 Å². The molecule has 30 heavy (non-hydrogen) atoms. The van der Waals surface area contributed by atoms with Gasteiger partial charge in [-0.15, -0.1) is 11.8 Å². The molecule has 1 aromatic carbocycles. The number of hydrogen-bond acceptors (Lipinski definition) is 5. The molecule has 0 radical (unpaired) electrons. The Kier molecular flexibility index (Phi) is 6.28. The Labute approximate surface area is 188 Å². The molecular weight excluding hydrogens is 416 g/mol. The maximum atomic E-state index is 6.44. The van der Waals surface area contributed by atoms with Crippen molar-refractivity contribution in [3.8, 4) is 0 Å². The number of thioether (sulfide) groups is 1. The number of fused-ring (bicyclic) bond motifs is 1. The molecule has 2 fully saturated rings. The molecule has 0 spiro atoms. The third-order valence-corrected chi connectivity index (χ3v) is 8.01. The van der Waals surface area contributed by atoms with Crippen molar-refractivity contribution in [3.05, 3.63) is 28.9 Å². The molecular formula is C23H31ClN4OS. The van der Waals surface area contributed by atoms with Gasteiger partial charge in [-0.25, -0.2) is 0 Å². The second-order valence-corrected chi connectivity index (χ2v) is 10.1. The minimum Gasteiger partial charge on any atom is -0.381 e. The van der Waals surface area contributed by atoms with Crippen molar-refractivity contribution in [1.82, 2.24) is 9.88 Å². The van der Waals surface area contributed by atoms with Gasteiger partial charge in [0.15, 0.2) is 0 Å². The van der Waals surface area contributed by atoms with Gasteiger partial charge in [0.25, 0.3) is 0 Å². The number of H-pyrrole nitrogens is 1. The Hall–Kier alpha value is -1.21. The van der Waals surface area contributed by atoms with Crippen LogP contribution in [0.15, 0.2) is 23.2 Å². The number of ether oxygens (including phenoxy) is 1. The van der Waals surface area contributed by atoms with Crippen molar-refractivity contribution < 1.29 is 4.74 Å². The smallest absolute Gasteiger partial charge is 0.114 e. The van der Waals surface area contributed by atoms with E-state index in [-0.39, 0.29) is 0 Å². The van der Waals surface area contributed by atoms with Crippen LogP contribution >= 0.6 is 23.4 Å². The van der Waals surface area contributed by atoms with E-state index in [0.29, 0.717) is 18.1 Å².